The molecule has 0 amide bonds. The number of benzene rings is 1. The van der Waals surface area contributed by atoms with E-state index in [9.17, 15) is 9.18 Å². The summed E-state index contributed by atoms with van der Waals surface area (Å²) in [6.45, 7) is 0. The molecule has 1 unspecified atom stereocenters. The molecule has 1 aliphatic rings. The molecule has 0 aromatic heterocycles. The van der Waals surface area contributed by atoms with E-state index in [0.29, 0.717) is 0 Å². The SMILES string of the molecule is COC(=O)C1=CC(=N)CC(c2ccc(Cl)c(OC)c2F)N1. The quantitative estimate of drug-likeness (QED) is 0.842. The van der Waals surface area contributed by atoms with E-state index < -0.39 is 17.8 Å². The minimum Gasteiger partial charge on any atom is -0.492 e. The molecule has 7 heteroatoms. The maximum Gasteiger partial charge on any atom is 0.354 e. The number of rotatable bonds is 3. The molecule has 0 spiro atoms. The molecule has 0 fully saturated rings. The smallest absolute Gasteiger partial charge is 0.354 e. The van der Waals surface area contributed by atoms with Crippen LogP contribution in [0.3, 0.4) is 0 Å². The first-order valence-electron chi connectivity index (χ1n) is 6.13. The summed E-state index contributed by atoms with van der Waals surface area (Å²) in [7, 11) is 2.56. The molecule has 1 aliphatic heterocycles. The third-order valence-electron chi connectivity index (χ3n) is 3.14. The van der Waals surface area contributed by atoms with Gasteiger partial charge in [-0.05, 0) is 12.1 Å². The molecule has 1 heterocycles. The molecule has 0 saturated heterocycles. The first-order valence-corrected chi connectivity index (χ1v) is 6.51. The summed E-state index contributed by atoms with van der Waals surface area (Å²) in [6, 6.07) is 2.45. The van der Waals surface area contributed by atoms with Crippen LogP contribution < -0.4 is 10.1 Å². The Hall–Kier alpha value is -2.08. The topological polar surface area (TPSA) is 71.4 Å². The van der Waals surface area contributed by atoms with Gasteiger partial charge in [-0.1, -0.05) is 17.7 Å². The maximum atomic E-state index is 14.4. The Bertz CT molecular complexity index is 631. The molecule has 21 heavy (non-hydrogen) atoms. The zero-order valence-corrected chi connectivity index (χ0v) is 12.3. The number of allylic oxidation sites excluding steroid dienone is 1. The van der Waals surface area contributed by atoms with Crippen molar-refractivity contribution in [3.63, 3.8) is 0 Å². The summed E-state index contributed by atoms with van der Waals surface area (Å²) in [5.74, 6) is -1.27. The summed E-state index contributed by atoms with van der Waals surface area (Å²) in [5.41, 5.74) is 0.593. The Balaban J connectivity index is 2.38. The summed E-state index contributed by atoms with van der Waals surface area (Å²) < 4.78 is 23.9. The van der Waals surface area contributed by atoms with Gasteiger partial charge in [-0.15, -0.1) is 0 Å². The Kier molecular flexibility index (Phi) is 4.47. The fourth-order valence-electron chi connectivity index (χ4n) is 2.15. The van der Waals surface area contributed by atoms with Crippen LogP contribution in [0.25, 0.3) is 0 Å². The molecular formula is C14H14ClFN2O3. The highest BCUT2D eigenvalue weighted by Gasteiger charge is 2.27. The first-order chi connectivity index (χ1) is 9.97. The van der Waals surface area contributed by atoms with Crippen LogP contribution >= 0.6 is 11.6 Å². The predicted octanol–water partition coefficient (Wildman–Crippen LogP) is 2.60. The van der Waals surface area contributed by atoms with Crippen molar-refractivity contribution in [2.45, 2.75) is 12.5 Å². The Labute approximate surface area is 126 Å². The average Bonchev–Trinajstić information content (AvgIpc) is 2.46. The van der Waals surface area contributed by atoms with Crippen molar-refractivity contribution in [2.75, 3.05) is 14.2 Å². The third-order valence-corrected chi connectivity index (χ3v) is 3.43. The van der Waals surface area contributed by atoms with Gasteiger partial charge in [0.25, 0.3) is 0 Å². The Morgan fingerprint density at radius 3 is 2.81 bits per heavy atom. The van der Waals surface area contributed by atoms with Gasteiger partial charge in [0.15, 0.2) is 11.6 Å². The van der Waals surface area contributed by atoms with Crippen molar-refractivity contribution in [3.05, 3.63) is 40.3 Å². The summed E-state index contributed by atoms with van der Waals surface area (Å²) >= 11 is 5.86. The lowest BCUT2D eigenvalue weighted by molar-refractivity contribution is -0.136. The number of methoxy groups -OCH3 is 2. The van der Waals surface area contributed by atoms with Crippen LogP contribution in [0, 0.1) is 11.2 Å². The number of nitrogens with one attached hydrogen (secondary N) is 2. The minimum atomic E-state index is -0.610. The molecule has 0 radical (unpaired) electrons. The highest BCUT2D eigenvalue weighted by atomic mass is 35.5. The number of ether oxygens (including phenoxy) is 2. The molecule has 0 saturated carbocycles. The van der Waals surface area contributed by atoms with E-state index >= 15 is 0 Å². The van der Waals surface area contributed by atoms with Crippen LogP contribution in [-0.4, -0.2) is 25.9 Å². The Morgan fingerprint density at radius 2 is 2.19 bits per heavy atom. The minimum absolute atomic E-state index is 0.0586. The van der Waals surface area contributed by atoms with Crippen molar-refractivity contribution in [3.8, 4) is 5.75 Å². The molecule has 1 atom stereocenters. The molecule has 1 aromatic carbocycles. The van der Waals surface area contributed by atoms with Crippen molar-refractivity contribution in [1.82, 2.24) is 5.32 Å². The fraction of sp³-hybridized carbons (Fsp3) is 0.286. The van der Waals surface area contributed by atoms with Gasteiger partial charge in [-0.25, -0.2) is 9.18 Å². The third kappa shape index (κ3) is 3.00. The van der Waals surface area contributed by atoms with Crippen LogP contribution in [0.1, 0.15) is 18.0 Å². The maximum absolute atomic E-state index is 14.4. The van der Waals surface area contributed by atoms with E-state index in [4.69, 9.17) is 21.7 Å². The number of esters is 1. The zero-order chi connectivity index (χ0) is 15.6. The molecule has 2 rings (SSSR count). The predicted molar refractivity (Wildman–Crippen MR) is 76.3 cm³/mol. The molecule has 0 bridgehead atoms. The first kappa shape index (κ1) is 15.3. The van der Waals surface area contributed by atoms with E-state index in [-0.39, 0.29) is 34.2 Å². The number of halogens is 2. The molecule has 2 N–H and O–H groups in total. The van der Waals surface area contributed by atoms with Crippen molar-refractivity contribution < 1.29 is 18.7 Å². The normalized spacial score (nSPS) is 17.8. The molecule has 112 valence electrons. The van der Waals surface area contributed by atoms with Gasteiger partial charge < -0.3 is 20.2 Å². The second-order valence-electron chi connectivity index (χ2n) is 4.46. The van der Waals surface area contributed by atoms with Crippen molar-refractivity contribution >= 4 is 23.3 Å². The fourth-order valence-corrected chi connectivity index (χ4v) is 2.38. The van der Waals surface area contributed by atoms with E-state index in [1.807, 2.05) is 0 Å². The van der Waals surface area contributed by atoms with E-state index in [0.717, 1.165) is 0 Å². The summed E-state index contributed by atoms with van der Waals surface area (Å²) in [6.07, 6.45) is 1.61. The number of carbonyl (C=O) groups is 1. The van der Waals surface area contributed by atoms with Crippen LogP contribution in [0.5, 0.6) is 5.75 Å². The summed E-state index contributed by atoms with van der Waals surface area (Å²) in [5, 5.41) is 10.8. The van der Waals surface area contributed by atoms with Crippen LogP contribution in [0.2, 0.25) is 5.02 Å². The van der Waals surface area contributed by atoms with Crippen molar-refractivity contribution in [2.24, 2.45) is 0 Å². The molecular weight excluding hydrogens is 299 g/mol. The average molecular weight is 313 g/mol. The van der Waals surface area contributed by atoms with Gasteiger partial charge in [-0.2, -0.15) is 0 Å². The van der Waals surface area contributed by atoms with Crippen molar-refractivity contribution in [1.29, 1.82) is 5.41 Å². The second-order valence-corrected chi connectivity index (χ2v) is 4.87. The van der Waals surface area contributed by atoms with Gasteiger partial charge in [0.1, 0.15) is 5.70 Å². The van der Waals surface area contributed by atoms with E-state index in [1.54, 1.807) is 0 Å². The summed E-state index contributed by atoms with van der Waals surface area (Å²) in [4.78, 5) is 11.6. The van der Waals surface area contributed by atoms with Gasteiger partial charge >= 0.3 is 5.97 Å². The van der Waals surface area contributed by atoms with Crippen LogP contribution in [0.15, 0.2) is 23.9 Å². The molecule has 0 aliphatic carbocycles. The van der Waals surface area contributed by atoms with Gasteiger partial charge in [0.05, 0.1) is 25.3 Å². The standard InChI is InChI=1S/C14H14ClFN2O3/c1-20-13-9(15)4-3-8(12(13)16)10-5-7(17)6-11(18-10)14(19)21-2/h3-4,6,10,17-18H,5H2,1-2H3. The number of hydrogen-bond donors (Lipinski definition) is 2. The lowest BCUT2D eigenvalue weighted by Gasteiger charge is -2.26. The monoisotopic (exact) mass is 312 g/mol. The lowest BCUT2D eigenvalue weighted by atomic mass is 9.96. The number of carbonyl (C=O) groups excluding carboxylic acids is 1. The highest BCUT2D eigenvalue weighted by Crippen LogP contribution is 2.34. The lowest BCUT2D eigenvalue weighted by Crippen LogP contribution is -2.32. The van der Waals surface area contributed by atoms with Crippen LogP contribution in [0.4, 0.5) is 4.39 Å². The highest BCUT2D eigenvalue weighted by molar-refractivity contribution is 6.32. The molecule has 5 nitrogen and oxygen atoms in total. The van der Waals surface area contributed by atoms with Gasteiger partial charge in [0, 0.05) is 17.7 Å². The van der Waals surface area contributed by atoms with E-state index in [1.165, 1.54) is 32.4 Å². The Morgan fingerprint density at radius 1 is 1.48 bits per heavy atom. The van der Waals surface area contributed by atoms with Gasteiger partial charge in [0.2, 0.25) is 0 Å². The van der Waals surface area contributed by atoms with Crippen LogP contribution in [-0.2, 0) is 9.53 Å². The largest absolute Gasteiger partial charge is 0.492 e. The zero-order valence-electron chi connectivity index (χ0n) is 11.5. The van der Waals surface area contributed by atoms with E-state index in [2.05, 4.69) is 10.1 Å². The number of hydrogen-bond acceptors (Lipinski definition) is 5. The molecule has 1 aromatic rings. The second kappa shape index (κ2) is 6.13. The van der Waals surface area contributed by atoms with Gasteiger partial charge in [-0.3, -0.25) is 0 Å².